The summed E-state index contributed by atoms with van der Waals surface area (Å²) in [6, 6.07) is 6.74. The molecule has 92 valence electrons. The Kier molecular flexibility index (Phi) is 4.69. The number of rotatable bonds is 6. The van der Waals surface area contributed by atoms with Crippen molar-refractivity contribution in [1.82, 2.24) is 0 Å². The van der Waals surface area contributed by atoms with E-state index in [0.29, 0.717) is 11.3 Å². The smallest absolute Gasteiger partial charge is 0.303 e. The quantitative estimate of drug-likeness (QED) is 0.771. The van der Waals surface area contributed by atoms with Crippen molar-refractivity contribution in [2.45, 2.75) is 32.8 Å². The van der Waals surface area contributed by atoms with Crippen LogP contribution in [0.4, 0.5) is 0 Å². The van der Waals surface area contributed by atoms with Gasteiger partial charge in [-0.05, 0) is 38.1 Å². The fraction of sp³-hybridized carbons (Fsp3) is 0.385. The molecule has 0 aromatic heterocycles. The Morgan fingerprint density at radius 3 is 2.24 bits per heavy atom. The molecule has 0 aliphatic rings. The second-order valence-corrected chi connectivity index (χ2v) is 4.01. The molecule has 0 amide bonds. The highest BCUT2D eigenvalue weighted by Gasteiger charge is 2.08. The van der Waals surface area contributed by atoms with Gasteiger partial charge in [-0.1, -0.05) is 0 Å². The molecule has 0 heterocycles. The van der Waals surface area contributed by atoms with Gasteiger partial charge >= 0.3 is 5.97 Å². The van der Waals surface area contributed by atoms with Gasteiger partial charge in [-0.3, -0.25) is 9.59 Å². The third kappa shape index (κ3) is 4.68. The summed E-state index contributed by atoms with van der Waals surface area (Å²) in [5.74, 6) is -0.420. The number of carboxylic acid groups (broad SMARTS) is 1. The topological polar surface area (TPSA) is 63.6 Å². The molecule has 1 aromatic carbocycles. The van der Waals surface area contributed by atoms with Crippen molar-refractivity contribution in [3.05, 3.63) is 29.8 Å². The van der Waals surface area contributed by atoms with Gasteiger partial charge in [0.25, 0.3) is 0 Å². The summed E-state index contributed by atoms with van der Waals surface area (Å²) in [6.45, 7) is 3.85. The normalized spacial score (nSPS) is 10.3. The SMILES string of the molecule is CC(C)Oc1ccc(C(=O)CCC(=O)O)cc1. The summed E-state index contributed by atoms with van der Waals surface area (Å²) in [5, 5.41) is 8.48. The van der Waals surface area contributed by atoms with E-state index in [9.17, 15) is 9.59 Å². The Balaban J connectivity index is 2.60. The minimum atomic E-state index is -0.960. The summed E-state index contributed by atoms with van der Waals surface area (Å²) in [4.78, 5) is 21.9. The van der Waals surface area contributed by atoms with Crippen LogP contribution in [0.2, 0.25) is 0 Å². The molecule has 0 saturated heterocycles. The van der Waals surface area contributed by atoms with E-state index in [0.717, 1.165) is 0 Å². The zero-order valence-electron chi connectivity index (χ0n) is 9.97. The second kappa shape index (κ2) is 6.03. The lowest BCUT2D eigenvalue weighted by atomic mass is 10.1. The van der Waals surface area contributed by atoms with Crippen molar-refractivity contribution in [2.24, 2.45) is 0 Å². The van der Waals surface area contributed by atoms with Crippen molar-refractivity contribution < 1.29 is 19.4 Å². The number of carbonyl (C=O) groups is 2. The molecule has 0 unspecified atom stereocenters. The van der Waals surface area contributed by atoms with Crippen molar-refractivity contribution in [3.8, 4) is 5.75 Å². The van der Waals surface area contributed by atoms with Crippen LogP contribution in [0.3, 0.4) is 0 Å². The van der Waals surface area contributed by atoms with Crippen LogP contribution in [0.1, 0.15) is 37.0 Å². The first-order chi connectivity index (χ1) is 7.99. The number of ketones is 1. The van der Waals surface area contributed by atoms with Gasteiger partial charge < -0.3 is 9.84 Å². The van der Waals surface area contributed by atoms with Gasteiger partial charge in [-0.15, -0.1) is 0 Å². The zero-order chi connectivity index (χ0) is 12.8. The molecule has 1 rings (SSSR count). The van der Waals surface area contributed by atoms with Crippen molar-refractivity contribution in [3.63, 3.8) is 0 Å². The van der Waals surface area contributed by atoms with Gasteiger partial charge in [0.2, 0.25) is 0 Å². The molecule has 0 fully saturated rings. The number of hydrogen-bond donors (Lipinski definition) is 1. The van der Waals surface area contributed by atoms with Gasteiger partial charge in [0, 0.05) is 12.0 Å². The highest BCUT2D eigenvalue weighted by Crippen LogP contribution is 2.15. The van der Waals surface area contributed by atoms with Crippen LogP contribution in [0.5, 0.6) is 5.75 Å². The lowest BCUT2D eigenvalue weighted by Crippen LogP contribution is -2.06. The Labute approximate surface area is 100 Å². The number of ether oxygens (including phenoxy) is 1. The van der Waals surface area contributed by atoms with Crippen LogP contribution in [-0.4, -0.2) is 23.0 Å². The van der Waals surface area contributed by atoms with E-state index in [-0.39, 0.29) is 24.7 Å². The minimum Gasteiger partial charge on any atom is -0.491 e. The highest BCUT2D eigenvalue weighted by molar-refractivity contribution is 5.97. The van der Waals surface area contributed by atoms with Crippen LogP contribution in [0.25, 0.3) is 0 Å². The molecule has 17 heavy (non-hydrogen) atoms. The Hall–Kier alpha value is -1.84. The van der Waals surface area contributed by atoms with Crippen LogP contribution in [0, 0.1) is 0 Å². The number of benzene rings is 1. The molecule has 0 saturated carbocycles. The van der Waals surface area contributed by atoms with E-state index in [1.807, 2.05) is 13.8 Å². The van der Waals surface area contributed by atoms with Gasteiger partial charge in [-0.25, -0.2) is 0 Å². The molecule has 1 N–H and O–H groups in total. The summed E-state index contributed by atoms with van der Waals surface area (Å²) < 4.78 is 5.44. The summed E-state index contributed by atoms with van der Waals surface area (Å²) in [5.41, 5.74) is 0.516. The minimum absolute atomic E-state index is 0.0275. The molecule has 0 atom stereocenters. The van der Waals surface area contributed by atoms with Gasteiger partial charge in [0.1, 0.15) is 5.75 Å². The van der Waals surface area contributed by atoms with Gasteiger partial charge in [0.05, 0.1) is 12.5 Å². The van der Waals surface area contributed by atoms with Gasteiger partial charge in [0.15, 0.2) is 5.78 Å². The van der Waals surface area contributed by atoms with Crippen molar-refractivity contribution in [2.75, 3.05) is 0 Å². The number of carbonyl (C=O) groups excluding carboxylic acids is 1. The van der Waals surface area contributed by atoms with Crippen LogP contribution < -0.4 is 4.74 Å². The zero-order valence-corrected chi connectivity index (χ0v) is 9.97. The standard InChI is InChI=1S/C13H16O4/c1-9(2)17-11-5-3-10(4-6-11)12(14)7-8-13(15)16/h3-6,9H,7-8H2,1-2H3,(H,15,16). The molecule has 0 aliphatic carbocycles. The fourth-order valence-electron chi connectivity index (χ4n) is 1.36. The van der Waals surface area contributed by atoms with E-state index in [4.69, 9.17) is 9.84 Å². The van der Waals surface area contributed by atoms with E-state index < -0.39 is 5.97 Å². The Morgan fingerprint density at radius 2 is 1.76 bits per heavy atom. The number of Topliss-reactive ketones (excluding diaryl/α,β-unsaturated/α-hetero) is 1. The third-order valence-electron chi connectivity index (χ3n) is 2.11. The monoisotopic (exact) mass is 236 g/mol. The largest absolute Gasteiger partial charge is 0.491 e. The Bertz CT molecular complexity index is 392. The predicted molar refractivity (Wildman–Crippen MR) is 63.4 cm³/mol. The molecular formula is C13H16O4. The van der Waals surface area contributed by atoms with E-state index in [1.165, 1.54) is 0 Å². The maximum atomic E-state index is 11.6. The fourth-order valence-corrected chi connectivity index (χ4v) is 1.36. The van der Waals surface area contributed by atoms with Gasteiger partial charge in [-0.2, -0.15) is 0 Å². The molecule has 0 bridgehead atoms. The number of hydrogen-bond acceptors (Lipinski definition) is 3. The summed E-state index contributed by atoms with van der Waals surface area (Å²) >= 11 is 0. The molecule has 4 heteroatoms. The first kappa shape index (κ1) is 13.2. The summed E-state index contributed by atoms with van der Waals surface area (Å²) in [7, 11) is 0. The van der Waals surface area contributed by atoms with Crippen LogP contribution in [0.15, 0.2) is 24.3 Å². The van der Waals surface area contributed by atoms with E-state index >= 15 is 0 Å². The van der Waals surface area contributed by atoms with Crippen molar-refractivity contribution in [1.29, 1.82) is 0 Å². The highest BCUT2D eigenvalue weighted by atomic mass is 16.5. The van der Waals surface area contributed by atoms with Crippen LogP contribution >= 0.6 is 0 Å². The molecule has 1 aromatic rings. The lowest BCUT2D eigenvalue weighted by molar-refractivity contribution is -0.136. The predicted octanol–water partition coefficient (Wildman–Crippen LogP) is 2.52. The van der Waals surface area contributed by atoms with E-state index in [1.54, 1.807) is 24.3 Å². The van der Waals surface area contributed by atoms with Crippen LogP contribution in [-0.2, 0) is 4.79 Å². The molecule has 0 radical (unpaired) electrons. The number of carboxylic acids is 1. The average Bonchev–Trinajstić information content (AvgIpc) is 2.26. The lowest BCUT2D eigenvalue weighted by Gasteiger charge is -2.09. The maximum absolute atomic E-state index is 11.6. The second-order valence-electron chi connectivity index (χ2n) is 4.01. The van der Waals surface area contributed by atoms with Crippen molar-refractivity contribution >= 4 is 11.8 Å². The third-order valence-corrected chi connectivity index (χ3v) is 2.11. The molecule has 4 nitrogen and oxygen atoms in total. The first-order valence-corrected chi connectivity index (χ1v) is 5.50. The molecule has 0 aliphatic heterocycles. The summed E-state index contributed by atoms with van der Waals surface area (Å²) in [6.07, 6.45) is -0.0217. The molecular weight excluding hydrogens is 220 g/mol. The number of aliphatic carboxylic acids is 1. The average molecular weight is 236 g/mol. The molecule has 0 spiro atoms. The first-order valence-electron chi connectivity index (χ1n) is 5.50. The maximum Gasteiger partial charge on any atom is 0.303 e. The Morgan fingerprint density at radius 1 is 1.18 bits per heavy atom. The van der Waals surface area contributed by atoms with E-state index in [2.05, 4.69) is 0 Å².